The molecule has 5 heteroatoms. The zero-order valence-corrected chi connectivity index (χ0v) is 10.1. The van der Waals surface area contributed by atoms with Gasteiger partial charge in [-0.05, 0) is 12.5 Å². The molecular formula is C13H15N3O2. The van der Waals surface area contributed by atoms with E-state index in [4.69, 9.17) is 0 Å². The molecule has 1 aliphatic rings. The maximum Gasteiger partial charge on any atom is 0.267 e. The van der Waals surface area contributed by atoms with Gasteiger partial charge >= 0.3 is 0 Å². The Bertz CT molecular complexity index is 482. The van der Waals surface area contributed by atoms with Crippen LogP contribution in [0.3, 0.4) is 0 Å². The van der Waals surface area contributed by atoms with E-state index in [1.165, 1.54) is 0 Å². The van der Waals surface area contributed by atoms with E-state index >= 15 is 0 Å². The third-order valence-electron chi connectivity index (χ3n) is 2.81. The van der Waals surface area contributed by atoms with Crippen LogP contribution in [0.1, 0.15) is 31.4 Å². The van der Waals surface area contributed by atoms with Crippen LogP contribution in [-0.4, -0.2) is 17.5 Å². The highest BCUT2D eigenvalue weighted by Gasteiger charge is 2.19. The van der Waals surface area contributed by atoms with Crippen LogP contribution in [0, 0.1) is 0 Å². The number of nitrogens with one attached hydrogen (secondary N) is 2. The lowest BCUT2D eigenvalue weighted by molar-refractivity contribution is -0.121. The highest BCUT2D eigenvalue weighted by Crippen LogP contribution is 2.11. The maximum atomic E-state index is 11.9. The maximum absolute atomic E-state index is 11.9. The molecule has 94 valence electrons. The van der Waals surface area contributed by atoms with Gasteiger partial charge in [-0.25, -0.2) is 5.43 Å². The smallest absolute Gasteiger partial charge is 0.267 e. The summed E-state index contributed by atoms with van der Waals surface area (Å²) >= 11 is 0. The molecule has 0 saturated carbocycles. The number of carbonyl (C=O) groups excluding carboxylic acids is 2. The van der Waals surface area contributed by atoms with Crippen molar-refractivity contribution in [1.29, 1.82) is 0 Å². The molecule has 1 aromatic carbocycles. The number of amides is 2. The van der Waals surface area contributed by atoms with Crippen molar-refractivity contribution in [2.75, 3.05) is 0 Å². The number of benzene rings is 1. The van der Waals surface area contributed by atoms with E-state index in [0.717, 1.165) is 5.56 Å². The van der Waals surface area contributed by atoms with Gasteiger partial charge in [0.2, 0.25) is 5.91 Å². The fourth-order valence-corrected chi connectivity index (χ4v) is 1.74. The minimum atomic E-state index is -0.230. The van der Waals surface area contributed by atoms with Gasteiger partial charge in [-0.1, -0.05) is 30.3 Å². The molecule has 0 aromatic heterocycles. The summed E-state index contributed by atoms with van der Waals surface area (Å²) in [6.07, 6.45) is 0.700. The third kappa shape index (κ3) is 2.94. The Hall–Kier alpha value is -2.17. The third-order valence-corrected chi connectivity index (χ3v) is 2.81. The monoisotopic (exact) mass is 245 g/mol. The average molecular weight is 245 g/mol. The first kappa shape index (κ1) is 12.3. The molecule has 1 atom stereocenters. The van der Waals surface area contributed by atoms with Crippen LogP contribution in [-0.2, 0) is 9.59 Å². The molecule has 0 fully saturated rings. The summed E-state index contributed by atoms with van der Waals surface area (Å²) in [5.41, 5.74) is 3.72. The van der Waals surface area contributed by atoms with Gasteiger partial charge in [0.25, 0.3) is 5.91 Å². The van der Waals surface area contributed by atoms with E-state index in [0.29, 0.717) is 18.6 Å². The summed E-state index contributed by atoms with van der Waals surface area (Å²) in [6, 6.07) is 9.61. The Balaban J connectivity index is 1.98. The molecule has 1 aromatic rings. The van der Waals surface area contributed by atoms with Crippen molar-refractivity contribution < 1.29 is 9.59 Å². The molecule has 0 aliphatic carbocycles. The topological polar surface area (TPSA) is 70.6 Å². The summed E-state index contributed by atoms with van der Waals surface area (Å²) in [5, 5.41) is 6.62. The number of carbonyl (C=O) groups is 2. The van der Waals surface area contributed by atoms with Crippen LogP contribution in [0.15, 0.2) is 35.4 Å². The lowest BCUT2D eigenvalue weighted by Crippen LogP contribution is -2.37. The van der Waals surface area contributed by atoms with Crippen molar-refractivity contribution in [2.24, 2.45) is 5.10 Å². The Morgan fingerprint density at radius 3 is 2.67 bits per heavy atom. The Kier molecular flexibility index (Phi) is 3.72. The molecule has 2 rings (SSSR count). The highest BCUT2D eigenvalue weighted by molar-refractivity contribution is 6.39. The second-order valence-corrected chi connectivity index (χ2v) is 4.20. The molecule has 5 nitrogen and oxygen atoms in total. The van der Waals surface area contributed by atoms with Gasteiger partial charge in [0, 0.05) is 12.8 Å². The van der Waals surface area contributed by atoms with Crippen molar-refractivity contribution >= 4 is 17.5 Å². The predicted molar refractivity (Wildman–Crippen MR) is 67.8 cm³/mol. The minimum absolute atomic E-state index is 0.0842. The van der Waals surface area contributed by atoms with Crippen molar-refractivity contribution in [3.63, 3.8) is 0 Å². The molecule has 0 bridgehead atoms. The zero-order valence-electron chi connectivity index (χ0n) is 10.1. The van der Waals surface area contributed by atoms with Crippen LogP contribution < -0.4 is 10.7 Å². The van der Waals surface area contributed by atoms with E-state index in [1.54, 1.807) is 0 Å². The van der Waals surface area contributed by atoms with Crippen LogP contribution in [0.25, 0.3) is 0 Å². The number of hydrazone groups is 1. The number of hydrogen-bond acceptors (Lipinski definition) is 3. The first-order valence-corrected chi connectivity index (χ1v) is 5.88. The molecule has 0 radical (unpaired) electrons. The largest absolute Gasteiger partial charge is 0.344 e. The van der Waals surface area contributed by atoms with Crippen LogP contribution in [0.4, 0.5) is 0 Å². The summed E-state index contributed by atoms with van der Waals surface area (Å²) < 4.78 is 0. The quantitative estimate of drug-likeness (QED) is 0.838. The molecule has 1 heterocycles. The number of rotatable bonds is 3. The molecule has 0 saturated heterocycles. The predicted octanol–water partition coefficient (Wildman–Crippen LogP) is 1.13. The molecule has 0 unspecified atom stereocenters. The molecule has 0 spiro atoms. The molecule has 2 N–H and O–H groups in total. The van der Waals surface area contributed by atoms with Crippen LogP contribution in [0.5, 0.6) is 0 Å². The lowest BCUT2D eigenvalue weighted by Gasteiger charge is -2.16. The zero-order chi connectivity index (χ0) is 13.0. The molecule has 2 amide bonds. The summed E-state index contributed by atoms with van der Waals surface area (Å²) in [7, 11) is 0. The van der Waals surface area contributed by atoms with E-state index < -0.39 is 0 Å². The fourth-order valence-electron chi connectivity index (χ4n) is 1.74. The normalized spacial score (nSPS) is 16.5. The van der Waals surface area contributed by atoms with Gasteiger partial charge in [0.1, 0.15) is 5.71 Å². The second kappa shape index (κ2) is 5.44. The van der Waals surface area contributed by atoms with Crippen LogP contribution in [0.2, 0.25) is 0 Å². The summed E-state index contributed by atoms with van der Waals surface area (Å²) in [6.45, 7) is 1.91. The molecule has 18 heavy (non-hydrogen) atoms. The van der Waals surface area contributed by atoms with E-state index in [2.05, 4.69) is 15.8 Å². The summed E-state index contributed by atoms with van der Waals surface area (Å²) in [5.74, 6) is -0.381. The first-order chi connectivity index (χ1) is 8.66. The second-order valence-electron chi connectivity index (χ2n) is 4.20. The van der Waals surface area contributed by atoms with Crippen molar-refractivity contribution in [3.8, 4) is 0 Å². The van der Waals surface area contributed by atoms with Gasteiger partial charge < -0.3 is 5.32 Å². The van der Waals surface area contributed by atoms with Crippen LogP contribution >= 0.6 is 0 Å². The Morgan fingerprint density at radius 2 is 2.06 bits per heavy atom. The minimum Gasteiger partial charge on any atom is -0.344 e. The Morgan fingerprint density at radius 1 is 1.33 bits per heavy atom. The average Bonchev–Trinajstić information content (AvgIpc) is 2.40. The van der Waals surface area contributed by atoms with Gasteiger partial charge in [0.15, 0.2) is 0 Å². The van der Waals surface area contributed by atoms with Gasteiger partial charge in [-0.15, -0.1) is 0 Å². The van der Waals surface area contributed by atoms with Gasteiger partial charge in [-0.3, -0.25) is 9.59 Å². The molecule has 1 aliphatic heterocycles. The summed E-state index contributed by atoms with van der Waals surface area (Å²) in [4.78, 5) is 22.8. The Labute approximate surface area is 105 Å². The number of nitrogens with zero attached hydrogens (tertiary/aromatic N) is 1. The van der Waals surface area contributed by atoms with Gasteiger partial charge in [0.05, 0.1) is 6.04 Å². The first-order valence-electron chi connectivity index (χ1n) is 5.88. The number of hydrogen-bond donors (Lipinski definition) is 2. The van der Waals surface area contributed by atoms with Gasteiger partial charge in [-0.2, -0.15) is 5.10 Å². The standard InChI is InChI=1S/C13H15N3O2/c1-9(10-5-3-2-4-6-10)14-13(18)11-7-8-12(17)16-15-11/h2-6,9H,7-8H2,1H3,(H,14,18)(H,16,17)/t9-/m1/s1. The SMILES string of the molecule is C[C@@H](NC(=O)C1=NNC(=O)CC1)c1ccccc1. The lowest BCUT2D eigenvalue weighted by atomic mass is 10.1. The van der Waals surface area contributed by atoms with Crippen molar-refractivity contribution in [3.05, 3.63) is 35.9 Å². The molecular weight excluding hydrogens is 230 g/mol. The highest BCUT2D eigenvalue weighted by atomic mass is 16.2. The van der Waals surface area contributed by atoms with E-state index in [9.17, 15) is 9.59 Å². The van der Waals surface area contributed by atoms with E-state index in [-0.39, 0.29) is 17.9 Å². The van der Waals surface area contributed by atoms with E-state index in [1.807, 2.05) is 37.3 Å². The van der Waals surface area contributed by atoms with Crippen molar-refractivity contribution in [1.82, 2.24) is 10.7 Å². The van der Waals surface area contributed by atoms with Crippen molar-refractivity contribution in [2.45, 2.75) is 25.8 Å². The fraction of sp³-hybridized carbons (Fsp3) is 0.308.